The number of hydrogen-bond donors (Lipinski definition) is 1. The van der Waals surface area contributed by atoms with Crippen molar-refractivity contribution in [1.82, 2.24) is 0 Å². The first kappa shape index (κ1) is 24.8. The number of carbonyl (C=O) groups is 2. The molecule has 0 aromatic heterocycles. The molecular weight excluding hydrogens is 412 g/mol. The molecule has 2 aromatic carbocycles. The van der Waals surface area contributed by atoms with Crippen LogP contribution < -0.4 is 14.2 Å². The summed E-state index contributed by atoms with van der Waals surface area (Å²) in [5.41, 5.74) is 0.721. The van der Waals surface area contributed by atoms with Crippen molar-refractivity contribution in [3.05, 3.63) is 59.7 Å². The molecule has 0 atom stereocenters. The molecule has 1 N–H and O–H groups in total. The highest BCUT2D eigenvalue weighted by atomic mass is 16.6. The standard InChI is InChI=1S/C25H30O7/c1-18-7-11-20(12-8-18)32-25(2,3)24(28)31-16-6-5-15-30-21-13-9-19(10-14-23(26)27)17-22(21)29-4/h7-14,17H,5-6,15-16H2,1-4H3,(H,26,27)/b14-10+. The SMILES string of the molecule is COc1cc(/C=C/C(=O)O)ccc1OCCCCOC(=O)C(C)(C)Oc1ccc(C)cc1. The second-order valence-corrected chi connectivity index (χ2v) is 7.70. The van der Waals surface area contributed by atoms with Crippen LogP contribution in [0.15, 0.2) is 48.5 Å². The lowest BCUT2D eigenvalue weighted by Crippen LogP contribution is -2.39. The third-order valence-electron chi connectivity index (χ3n) is 4.52. The number of rotatable bonds is 12. The fourth-order valence-electron chi connectivity index (χ4n) is 2.74. The minimum atomic E-state index is -1.09. The fraction of sp³-hybridized carbons (Fsp3) is 0.360. The topological polar surface area (TPSA) is 91.3 Å². The molecule has 0 aliphatic rings. The van der Waals surface area contributed by atoms with Crippen LogP contribution >= 0.6 is 0 Å². The summed E-state index contributed by atoms with van der Waals surface area (Å²) in [4.78, 5) is 23.0. The van der Waals surface area contributed by atoms with E-state index in [4.69, 9.17) is 24.1 Å². The summed E-state index contributed by atoms with van der Waals surface area (Å²) in [6, 6.07) is 12.7. The van der Waals surface area contributed by atoms with Crippen LogP contribution in [0.3, 0.4) is 0 Å². The lowest BCUT2D eigenvalue weighted by atomic mass is 10.1. The zero-order valence-electron chi connectivity index (χ0n) is 18.9. The van der Waals surface area contributed by atoms with Crippen molar-refractivity contribution in [1.29, 1.82) is 0 Å². The van der Waals surface area contributed by atoms with Crippen LogP contribution in [0.2, 0.25) is 0 Å². The van der Waals surface area contributed by atoms with Crippen molar-refractivity contribution in [2.45, 2.75) is 39.2 Å². The summed E-state index contributed by atoms with van der Waals surface area (Å²) in [5, 5.41) is 8.72. The number of ether oxygens (including phenoxy) is 4. The molecule has 0 bridgehead atoms. The molecule has 0 aliphatic heterocycles. The summed E-state index contributed by atoms with van der Waals surface area (Å²) in [6.45, 7) is 6.03. The molecule has 7 heteroatoms. The molecule has 0 unspecified atom stereocenters. The molecule has 0 aliphatic carbocycles. The number of methoxy groups -OCH3 is 1. The van der Waals surface area contributed by atoms with E-state index in [2.05, 4.69) is 0 Å². The van der Waals surface area contributed by atoms with Gasteiger partial charge in [-0.2, -0.15) is 0 Å². The first-order valence-corrected chi connectivity index (χ1v) is 10.4. The Morgan fingerprint density at radius 1 is 1.00 bits per heavy atom. The highest BCUT2D eigenvalue weighted by Crippen LogP contribution is 2.28. The number of aryl methyl sites for hydroxylation is 1. The van der Waals surface area contributed by atoms with E-state index in [0.717, 1.165) is 11.6 Å². The molecule has 0 spiro atoms. The van der Waals surface area contributed by atoms with Gasteiger partial charge in [-0.15, -0.1) is 0 Å². The van der Waals surface area contributed by atoms with Crippen molar-refractivity contribution < 1.29 is 33.6 Å². The van der Waals surface area contributed by atoms with E-state index < -0.39 is 17.5 Å². The van der Waals surface area contributed by atoms with E-state index in [1.54, 1.807) is 32.0 Å². The van der Waals surface area contributed by atoms with Gasteiger partial charge in [0.2, 0.25) is 0 Å². The van der Waals surface area contributed by atoms with Crippen molar-refractivity contribution in [2.24, 2.45) is 0 Å². The molecular formula is C25H30O7. The third kappa shape index (κ3) is 7.98. The number of benzene rings is 2. The number of hydrogen-bond acceptors (Lipinski definition) is 6. The quantitative estimate of drug-likeness (QED) is 0.290. The monoisotopic (exact) mass is 442 g/mol. The zero-order valence-corrected chi connectivity index (χ0v) is 18.9. The maximum atomic E-state index is 12.4. The van der Waals surface area contributed by atoms with E-state index in [9.17, 15) is 9.59 Å². The largest absolute Gasteiger partial charge is 0.493 e. The molecule has 0 fully saturated rings. The van der Waals surface area contributed by atoms with E-state index >= 15 is 0 Å². The Kier molecular flexibility index (Phi) is 9.13. The minimum absolute atomic E-state index is 0.263. The van der Waals surface area contributed by atoms with Gasteiger partial charge in [0, 0.05) is 6.08 Å². The molecule has 0 amide bonds. The molecule has 32 heavy (non-hydrogen) atoms. The van der Waals surface area contributed by atoms with Gasteiger partial charge in [-0.3, -0.25) is 0 Å². The van der Waals surface area contributed by atoms with Gasteiger partial charge in [-0.1, -0.05) is 23.8 Å². The lowest BCUT2D eigenvalue weighted by molar-refractivity contribution is -0.159. The van der Waals surface area contributed by atoms with Crippen LogP contribution in [-0.4, -0.2) is 43.0 Å². The Bertz CT molecular complexity index is 930. The predicted molar refractivity (Wildman–Crippen MR) is 121 cm³/mol. The van der Waals surface area contributed by atoms with Crippen molar-refractivity contribution in [3.8, 4) is 17.2 Å². The summed E-state index contributed by atoms with van der Waals surface area (Å²) in [6.07, 6.45) is 3.85. The van der Waals surface area contributed by atoms with Gasteiger partial charge in [0.25, 0.3) is 0 Å². The third-order valence-corrected chi connectivity index (χ3v) is 4.52. The first-order chi connectivity index (χ1) is 15.2. The van der Waals surface area contributed by atoms with Crippen LogP contribution in [0.4, 0.5) is 0 Å². The second kappa shape index (κ2) is 11.8. The summed E-state index contributed by atoms with van der Waals surface area (Å²) in [5.74, 6) is 0.244. The van der Waals surface area contributed by atoms with Crippen LogP contribution in [0.5, 0.6) is 17.2 Å². The lowest BCUT2D eigenvalue weighted by Gasteiger charge is -2.24. The van der Waals surface area contributed by atoms with Crippen molar-refractivity contribution >= 4 is 18.0 Å². The van der Waals surface area contributed by atoms with E-state index in [-0.39, 0.29) is 6.61 Å². The molecule has 2 aromatic rings. The molecule has 172 valence electrons. The Morgan fingerprint density at radius 3 is 2.34 bits per heavy atom. The molecule has 0 saturated carbocycles. The minimum Gasteiger partial charge on any atom is -0.493 e. The Balaban J connectivity index is 1.73. The van der Waals surface area contributed by atoms with Crippen LogP contribution in [-0.2, 0) is 14.3 Å². The second-order valence-electron chi connectivity index (χ2n) is 7.70. The van der Waals surface area contributed by atoms with Gasteiger partial charge in [-0.25, -0.2) is 9.59 Å². The smallest absolute Gasteiger partial charge is 0.349 e. The average Bonchev–Trinajstić information content (AvgIpc) is 2.76. The normalized spacial score (nSPS) is 11.2. The number of carboxylic acid groups (broad SMARTS) is 1. The van der Waals surface area contributed by atoms with Gasteiger partial charge in [0.1, 0.15) is 5.75 Å². The molecule has 2 rings (SSSR count). The highest BCUT2D eigenvalue weighted by Gasteiger charge is 2.31. The van der Waals surface area contributed by atoms with Crippen LogP contribution in [0.1, 0.15) is 37.8 Å². The van der Waals surface area contributed by atoms with Gasteiger partial charge >= 0.3 is 11.9 Å². The summed E-state index contributed by atoms with van der Waals surface area (Å²) in [7, 11) is 1.52. The van der Waals surface area contributed by atoms with Gasteiger partial charge in [0.05, 0.1) is 20.3 Å². The Labute approximate surface area is 188 Å². The van der Waals surface area contributed by atoms with Crippen molar-refractivity contribution in [2.75, 3.05) is 20.3 Å². The van der Waals surface area contributed by atoms with E-state index in [1.165, 1.54) is 13.2 Å². The number of unbranched alkanes of at least 4 members (excludes halogenated alkanes) is 1. The summed E-state index contributed by atoms with van der Waals surface area (Å²) >= 11 is 0. The Hall–Kier alpha value is -3.48. The molecule has 0 saturated heterocycles. The van der Waals surface area contributed by atoms with E-state index in [0.29, 0.717) is 42.3 Å². The maximum Gasteiger partial charge on any atom is 0.349 e. The first-order valence-electron chi connectivity index (χ1n) is 10.4. The maximum absolute atomic E-state index is 12.4. The summed E-state index contributed by atoms with van der Waals surface area (Å²) < 4.78 is 22.2. The van der Waals surface area contributed by atoms with E-state index in [1.807, 2.05) is 31.2 Å². The van der Waals surface area contributed by atoms with Crippen molar-refractivity contribution in [3.63, 3.8) is 0 Å². The molecule has 0 radical (unpaired) electrons. The van der Waals surface area contributed by atoms with Gasteiger partial charge < -0.3 is 24.1 Å². The van der Waals surface area contributed by atoms with Gasteiger partial charge in [-0.05, 0) is 69.5 Å². The predicted octanol–water partition coefficient (Wildman–Crippen LogP) is 4.66. The van der Waals surface area contributed by atoms with Crippen LogP contribution in [0.25, 0.3) is 6.08 Å². The van der Waals surface area contributed by atoms with Gasteiger partial charge in [0.15, 0.2) is 17.1 Å². The number of carbonyl (C=O) groups excluding carboxylic acids is 1. The fourth-order valence-corrected chi connectivity index (χ4v) is 2.74. The zero-order chi connectivity index (χ0) is 23.6. The molecule has 0 heterocycles. The Morgan fingerprint density at radius 2 is 1.69 bits per heavy atom. The number of aliphatic carboxylic acids is 1. The average molecular weight is 443 g/mol. The van der Waals surface area contributed by atoms with Crippen LogP contribution in [0, 0.1) is 6.92 Å². The number of esters is 1. The highest BCUT2D eigenvalue weighted by molar-refractivity contribution is 5.85. The number of carboxylic acids is 1. The molecule has 7 nitrogen and oxygen atoms in total.